The summed E-state index contributed by atoms with van der Waals surface area (Å²) in [7, 11) is 0. The Kier molecular flexibility index (Phi) is 7.70. The van der Waals surface area contributed by atoms with Crippen molar-refractivity contribution >= 4 is 34.8 Å². The van der Waals surface area contributed by atoms with Crippen molar-refractivity contribution in [2.75, 3.05) is 49.9 Å². The van der Waals surface area contributed by atoms with Crippen LogP contribution in [0.2, 0.25) is 5.02 Å². The Morgan fingerprint density at radius 2 is 1.41 bits per heavy atom. The first-order chi connectivity index (χ1) is 15.1. The number of piperazine rings is 1. The monoisotopic (exact) mass is 472 g/mol. The lowest BCUT2D eigenvalue weighted by Crippen LogP contribution is -2.50. The number of rotatable bonds is 6. The van der Waals surface area contributed by atoms with Gasteiger partial charge in [0.1, 0.15) is 5.82 Å². The molecule has 172 valence electrons. The van der Waals surface area contributed by atoms with Crippen molar-refractivity contribution in [3.05, 3.63) is 58.9 Å². The minimum atomic E-state index is -4.62. The zero-order chi connectivity index (χ0) is 23.3. The second-order valence-corrected chi connectivity index (χ2v) is 7.76. The lowest BCUT2D eigenvalue weighted by molar-refractivity contribution is -0.137. The summed E-state index contributed by atoms with van der Waals surface area (Å²) < 4.78 is 52.0. The van der Waals surface area contributed by atoms with Crippen LogP contribution >= 0.6 is 11.6 Å². The fraction of sp³-hybridized carbons (Fsp3) is 0.333. The second kappa shape index (κ2) is 10.3. The van der Waals surface area contributed by atoms with Gasteiger partial charge in [-0.15, -0.1) is 0 Å². The molecular formula is C21H21ClF4N4O2. The molecule has 2 N–H and O–H groups in total. The van der Waals surface area contributed by atoms with E-state index in [9.17, 15) is 27.2 Å². The fourth-order valence-corrected chi connectivity index (χ4v) is 3.52. The molecule has 1 aliphatic rings. The quantitative estimate of drug-likeness (QED) is 0.629. The highest BCUT2D eigenvalue weighted by molar-refractivity contribution is 6.31. The Hall–Kier alpha value is -2.69. The molecule has 1 aliphatic heterocycles. The van der Waals surface area contributed by atoms with E-state index in [0.717, 1.165) is 12.1 Å². The third-order valence-corrected chi connectivity index (χ3v) is 5.19. The van der Waals surface area contributed by atoms with Crippen molar-refractivity contribution in [2.45, 2.75) is 6.18 Å². The fourth-order valence-electron chi connectivity index (χ4n) is 3.30. The van der Waals surface area contributed by atoms with Gasteiger partial charge in [0.25, 0.3) is 0 Å². The second-order valence-electron chi connectivity index (χ2n) is 7.35. The largest absolute Gasteiger partial charge is 0.417 e. The minimum absolute atomic E-state index is 0.00725. The van der Waals surface area contributed by atoms with E-state index in [-0.39, 0.29) is 24.7 Å². The third-order valence-electron chi connectivity index (χ3n) is 4.86. The van der Waals surface area contributed by atoms with Gasteiger partial charge < -0.3 is 10.6 Å². The molecule has 0 atom stereocenters. The summed E-state index contributed by atoms with van der Waals surface area (Å²) >= 11 is 5.58. The molecule has 6 nitrogen and oxygen atoms in total. The molecule has 0 bridgehead atoms. The summed E-state index contributed by atoms with van der Waals surface area (Å²) in [6, 6.07) is 8.81. The molecule has 1 fully saturated rings. The van der Waals surface area contributed by atoms with Crippen LogP contribution in [0.1, 0.15) is 5.56 Å². The lowest BCUT2D eigenvalue weighted by Gasteiger charge is -2.33. The van der Waals surface area contributed by atoms with Crippen LogP contribution in [0.4, 0.5) is 28.9 Å². The molecule has 0 unspecified atom stereocenters. The SMILES string of the molecule is O=C(CN1CCN(CC(=O)Nc2ccc(Cl)c(C(F)(F)F)c2)CC1)Nc1cccc(F)c1. The standard InChI is InChI=1S/C21H21ClF4N4O2/c22-18-5-4-16(11-17(18)21(24,25)26)28-20(32)13-30-8-6-29(7-9-30)12-19(31)27-15-3-1-2-14(23)10-15/h1-5,10-11H,6-9,12-13H2,(H,27,31)(H,28,32). The maximum atomic E-state index is 13.2. The normalized spacial score (nSPS) is 15.4. The number of carbonyl (C=O) groups is 2. The van der Waals surface area contributed by atoms with Crippen molar-refractivity contribution in [3.63, 3.8) is 0 Å². The van der Waals surface area contributed by atoms with Gasteiger partial charge in [-0.25, -0.2) is 4.39 Å². The van der Waals surface area contributed by atoms with Gasteiger partial charge in [0.15, 0.2) is 0 Å². The summed E-state index contributed by atoms with van der Waals surface area (Å²) in [6.45, 7) is 2.21. The molecule has 0 aliphatic carbocycles. The van der Waals surface area contributed by atoms with Crippen LogP contribution < -0.4 is 10.6 Å². The van der Waals surface area contributed by atoms with Crippen LogP contribution in [0.25, 0.3) is 0 Å². The predicted octanol–water partition coefficient (Wildman–Crippen LogP) is 3.69. The summed E-state index contributed by atoms with van der Waals surface area (Å²) in [5.74, 6) is -1.16. The van der Waals surface area contributed by atoms with Crippen molar-refractivity contribution in [2.24, 2.45) is 0 Å². The first-order valence-corrected chi connectivity index (χ1v) is 10.1. The Bertz CT molecular complexity index is 979. The summed E-state index contributed by atoms with van der Waals surface area (Å²) in [5, 5.41) is 4.65. The number of amides is 2. The van der Waals surface area contributed by atoms with Gasteiger partial charge in [-0.05, 0) is 36.4 Å². The molecule has 0 aromatic heterocycles. The molecular weight excluding hydrogens is 452 g/mol. The van der Waals surface area contributed by atoms with Crippen molar-refractivity contribution in [3.8, 4) is 0 Å². The van der Waals surface area contributed by atoms with Gasteiger partial charge in [-0.3, -0.25) is 19.4 Å². The molecule has 2 amide bonds. The minimum Gasteiger partial charge on any atom is -0.325 e. The van der Waals surface area contributed by atoms with Gasteiger partial charge in [0.05, 0.1) is 23.7 Å². The van der Waals surface area contributed by atoms with Crippen molar-refractivity contribution < 1.29 is 27.2 Å². The smallest absolute Gasteiger partial charge is 0.325 e. The van der Waals surface area contributed by atoms with E-state index in [4.69, 9.17) is 11.6 Å². The van der Waals surface area contributed by atoms with Crippen LogP contribution in [0.5, 0.6) is 0 Å². The molecule has 3 rings (SSSR count). The van der Waals surface area contributed by atoms with Crippen LogP contribution in [-0.2, 0) is 15.8 Å². The summed E-state index contributed by atoms with van der Waals surface area (Å²) in [4.78, 5) is 28.1. The highest BCUT2D eigenvalue weighted by Gasteiger charge is 2.33. The number of hydrogen-bond donors (Lipinski definition) is 2. The van der Waals surface area contributed by atoms with Gasteiger partial charge >= 0.3 is 6.18 Å². The maximum Gasteiger partial charge on any atom is 0.417 e. The van der Waals surface area contributed by atoms with Gasteiger partial charge in [0, 0.05) is 37.6 Å². The first kappa shape index (κ1) is 24.0. The number of halogens is 5. The van der Waals surface area contributed by atoms with Gasteiger partial charge in [-0.2, -0.15) is 13.2 Å². The van der Waals surface area contributed by atoms with E-state index >= 15 is 0 Å². The van der Waals surface area contributed by atoms with Crippen LogP contribution in [0, 0.1) is 5.82 Å². The zero-order valence-corrected chi connectivity index (χ0v) is 17.6. The molecule has 0 saturated carbocycles. The number of alkyl halides is 3. The lowest BCUT2D eigenvalue weighted by atomic mass is 10.2. The van der Waals surface area contributed by atoms with Crippen LogP contribution in [-0.4, -0.2) is 60.9 Å². The third kappa shape index (κ3) is 6.91. The first-order valence-electron chi connectivity index (χ1n) is 9.77. The van der Waals surface area contributed by atoms with E-state index in [1.54, 1.807) is 6.07 Å². The average molecular weight is 473 g/mol. The molecule has 1 saturated heterocycles. The Labute approximate surface area is 187 Å². The van der Waals surface area contributed by atoms with Crippen LogP contribution in [0.3, 0.4) is 0 Å². The molecule has 1 heterocycles. The number of carbonyl (C=O) groups excluding carboxylic acids is 2. The molecule has 11 heteroatoms. The number of benzene rings is 2. The van der Waals surface area contributed by atoms with E-state index in [1.165, 1.54) is 24.3 Å². The van der Waals surface area contributed by atoms with E-state index < -0.39 is 28.5 Å². The Morgan fingerprint density at radius 3 is 1.91 bits per heavy atom. The van der Waals surface area contributed by atoms with E-state index in [0.29, 0.717) is 31.9 Å². The molecule has 0 radical (unpaired) electrons. The number of nitrogens with zero attached hydrogens (tertiary/aromatic N) is 2. The van der Waals surface area contributed by atoms with Gasteiger partial charge in [0.2, 0.25) is 11.8 Å². The van der Waals surface area contributed by atoms with Gasteiger partial charge in [-0.1, -0.05) is 17.7 Å². The Morgan fingerprint density at radius 1 is 0.875 bits per heavy atom. The van der Waals surface area contributed by atoms with E-state index in [2.05, 4.69) is 10.6 Å². The predicted molar refractivity (Wildman–Crippen MR) is 113 cm³/mol. The highest BCUT2D eigenvalue weighted by atomic mass is 35.5. The van der Waals surface area contributed by atoms with Crippen molar-refractivity contribution in [1.29, 1.82) is 0 Å². The average Bonchev–Trinajstić information content (AvgIpc) is 2.70. The molecule has 2 aromatic rings. The van der Waals surface area contributed by atoms with Crippen molar-refractivity contribution in [1.82, 2.24) is 9.80 Å². The maximum absolute atomic E-state index is 13.2. The summed E-state index contributed by atoms with van der Waals surface area (Å²) in [5.41, 5.74) is -0.623. The topological polar surface area (TPSA) is 64.7 Å². The van der Waals surface area contributed by atoms with E-state index in [1.807, 2.05) is 9.80 Å². The number of nitrogens with one attached hydrogen (secondary N) is 2. The summed E-state index contributed by atoms with van der Waals surface area (Å²) in [6.07, 6.45) is -4.62. The molecule has 32 heavy (non-hydrogen) atoms. The number of hydrogen-bond acceptors (Lipinski definition) is 4. The Balaban J connectivity index is 1.44. The number of anilines is 2. The van der Waals surface area contributed by atoms with Crippen LogP contribution in [0.15, 0.2) is 42.5 Å². The molecule has 2 aromatic carbocycles. The zero-order valence-electron chi connectivity index (χ0n) is 16.9. The molecule has 0 spiro atoms. The highest BCUT2D eigenvalue weighted by Crippen LogP contribution is 2.36.